The highest BCUT2D eigenvalue weighted by molar-refractivity contribution is 7.99. The molecule has 0 bridgehead atoms. The Hall–Kier alpha value is -2.64. The lowest BCUT2D eigenvalue weighted by Crippen LogP contribution is -2.18. The molecule has 1 heterocycles. The fourth-order valence-electron chi connectivity index (χ4n) is 2.81. The summed E-state index contributed by atoms with van der Waals surface area (Å²) < 4.78 is 7.30. The van der Waals surface area contributed by atoms with Gasteiger partial charge in [-0.25, -0.2) is 4.98 Å². The molecule has 0 aliphatic heterocycles. The summed E-state index contributed by atoms with van der Waals surface area (Å²) in [5, 5.41) is 3.56. The number of aromatic nitrogens is 2. The number of fused-ring (bicyclic) bond motifs is 1. The number of Topliss-reactive ketones (excluding diaryl/α,β-unsaturated/α-hetero) is 1. The van der Waals surface area contributed by atoms with Crippen LogP contribution in [0.2, 0.25) is 0 Å². The zero-order valence-corrected chi connectivity index (χ0v) is 16.8. The molecule has 0 saturated heterocycles. The number of ketones is 1. The number of para-hydroxylation sites is 2. The first kappa shape index (κ1) is 20.1. The summed E-state index contributed by atoms with van der Waals surface area (Å²) >= 11 is 1.43. The quantitative estimate of drug-likeness (QED) is 0.443. The van der Waals surface area contributed by atoms with Crippen LogP contribution in [0.5, 0.6) is 0 Å². The van der Waals surface area contributed by atoms with E-state index >= 15 is 0 Å². The van der Waals surface area contributed by atoms with Crippen molar-refractivity contribution < 1.29 is 14.3 Å². The molecule has 0 unspecified atom stereocenters. The van der Waals surface area contributed by atoms with Gasteiger partial charge in [-0.05, 0) is 17.7 Å². The highest BCUT2D eigenvalue weighted by Crippen LogP contribution is 2.24. The van der Waals surface area contributed by atoms with Gasteiger partial charge in [0.2, 0.25) is 5.91 Å². The molecule has 3 rings (SSSR count). The number of hydrogen-bond acceptors (Lipinski definition) is 5. The topological polar surface area (TPSA) is 73.2 Å². The number of ether oxygens (including phenoxy) is 1. The van der Waals surface area contributed by atoms with E-state index < -0.39 is 0 Å². The van der Waals surface area contributed by atoms with Crippen LogP contribution in [0.1, 0.15) is 22.8 Å². The predicted molar refractivity (Wildman–Crippen MR) is 111 cm³/mol. The first-order valence-corrected chi connectivity index (χ1v) is 10.0. The van der Waals surface area contributed by atoms with Crippen molar-refractivity contribution in [3.8, 4) is 0 Å². The van der Waals surface area contributed by atoms with Crippen LogP contribution in [-0.2, 0) is 22.6 Å². The largest absolute Gasteiger partial charge is 0.383 e. The Bertz CT molecular complexity index is 967. The normalized spacial score (nSPS) is 10.9. The number of rotatable bonds is 9. The highest BCUT2D eigenvalue weighted by Gasteiger charge is 2.14. The van der Waals surface area contributed by atoms with E-state index in [4.69, 9.17) is 4.74 Å². The Balaban J connectivity index is 1.68. The minimum atomic E-state index is -0.0760. The molecule has 1 amide bonds. The molecule has 7 heteroatoms. The van der Waals surface area contributed by atoms with Gasteiger partial charge in [-0.2, -0.15) is 0 Å². The third-order valence-electron chi connectivity index (χ3n) is 4.29. The van der Waals surface area contributed by atoms with Gasteiger partial charge in [-0.15, -0.1) is 0 Å². The molecule has 28 heavy (non-hydrogen) atoms. The summed E-state index contributed by atoms with van der Waals surface area (Å²) in [5.41, 5.74) is 3.56. The molecule has 0 saturated carbocycles. The number of nitrogens with one attached hydrogen (secondary N) is 1. The van der Waals surface area contributed by atoms with Gasteiger partial charge in [0.15, 0.2) is 10.9 Å². The molecule has 3 aromatic rings. The van der Waals surface area contributed by atoms with Crippen LogP contribution < -0.4 is 5.32 Å². The van der Waals surface area contributed by atoms with Crippen LogP contribution in [0.4, 0.5) is 0 Å². The smallest absolute Gasteiger partial charge is 0.217 e. The van der Waals surface area contributed by atoms with Crippen molar-refractivity contribution >= 4 is 34.5 Å². The van der Waals surface area contributed by atoms with Gasteiger partial charge >= 0.3 is 0 Å². The minimum absolute atomic E-state index is 0.0430. The molecule has 0 spiro atoms. The Morgan fingerprint density at radius 2 is 1.89 bits per heavy atom. The lowest BCUT2D eigenvalue weighted by molar-refractivity contribution is -0.119. The first-order chi connectivity index (χ1) is 13.6. The van der Waals surface area contributed by atoms with Gasteiger partial charge in [0.05, 0.1) is 23.4 Å². The predicted octanol–water partition coefficient (Wildman–Crippen LogP) is 3.29. The SMILES string of the molecule is COCCn1c(SCC(=O)c2ccc(CNC(C)=O)cc2)nc2ccccc21. The van der Waals surface area contributed by atoms with Crippen LogP contribution in [0.3, 0.4) is 0 Å². The summed E-state index contributed by atoms with van der Waals surface area (Å²) in [7, 11) is 1.67. The summed E-state index contributed by atoms with van der Waals surface area (Å²) in [5.74, 6) is 0.274. The van der Waals surface area contributed by atoms with E-state index in [9.17, 15) is 9.59 Å². The van der Waals surface area contributed by atoms with Crippen molar-refractivity contribution in [3.05, 3.63) is 59.7 Å². The maximum Gasteiger partial charge on any atom is 0.217 e. The zero-order valence-electron chi connectivity index (χ0n) is 16.0. The zero-order chi connectivity index (χ0) is 19.9. The number of carbonyl (C=O) groups excluding carboxylic acids is 2. The standard InChI is InChI=1S/C21H23N3O3S/c1-15(25)22-13-16-7-9-17(10-8-16)20(26)14-28-21-23-18-5-3-4-6-19(18)24(21)11-12-27-2/h3-10H,11-14H2,1-2H3,(H,22,25). The third-order valence-corrected chi connectivity index (χ3v) is 5.26. The molecule has 0 fully saturated rings. The van der Waals surface area contributed by atoms with E-state index in [1.54, 1.807) is 19.2 Å². The molecule has 0 atom stereocenters. The second kappa shape index (κ2) is 9.52. The van der Waals surface area contributed by atoms with E-state index in [0.717, 1.165) is 21.8 Å². The molecular weight excluding hydrogens is 374 g/mol. The van der Waals surface area contributed by atoms with Gasteiger partial charge in [0, 0.05) is 32.7 Å². The molecule has 146 valence electrons. The summed E-state index contributed by atoms with van der Waals surface area (Å²) in [6.45, 7) is 3.21. The maximum absolute atomic E-state index is 12.6. The summed E-state index contributed by atoms with van der Waals surface area (Å²) in [6, 6.07) is 15.3. The Morgan fingerprint density at radius 1 is 1.14 bits per heavy atom. The van der Waals surface area contributed by atoms with Gasteiger partial charge < -0.3 is 14.6 Å². The summed E-state index contributed by atoms with van der Waals surface area (Å²) in [6.07, 6.45) is 0. The fourth-order valence-corrected chi connectivity index (χ4v) is 3.75. The van der Waals surface area contributed by atoms with E-state index in [2.05, 4.69) is 14.9 Å². The van der Waals surface area contributed by atoms with Gasteiger partial charge in [0.25, 0.3) is 0 Å². The number of thioether (sulfide) groups is 1. The number of hydrogen-bond donors (Lipinski definition) is 1. The number of methoxy groups -OCH3 is 1. The van der Waals surface area contributed by atoms with Gasteiger partial charge in [0.1, 0.15) is 0 Å². The monoisotopic (exact) mass is 397 g/mol. The van der Waals surface area contributed by atoms with E-state index in [0.29, 0.717) is 31.0 Å². The van der Waals surface area contributed by atoms with Crippen LogP contribution in [0, 0.1) is 0 Å². The highest BCUT2D eigenvalue weighted by atomic mass is 32.2. The van der Waals surface area contributed by atoms with Crippen molar-refractivity contribution in [1.82, 2.24) is 14.9 Å². The Labute approximate surface area is 168 Å². The lowest BCUT2D eigenvalue weighted by Gasteiger charge is -2.08. The van der Waals surface area contributed by atoms with E-state index in [1.807, 2.05) is 36.4 Å². The molecule has 2 aromatic carbocycles. The van der Waals surface area contributed by atoms with Crippen molar-refractivity contribution in [2.45, 2.75) is 25.2 Å². The van der Waals surface area contributed by atoms with Crippen molar-refractivity contribution in [3.63, 3.8) is 0 Å². The second-order valence-corrected chi connectivity index (χ2v) is 7.29. The van der Waals surface area contributed by atoms with Crippen LogP contribution in [0.25, 0.3) is 11.0 Å². The van der Waals surface area contributed by atoms with Crippen molar-refractivity contribution in [1.29, 1.82) is 0 Å². The number of amides is 1. The maximum atomic E-state index is 12.6. The molecule has 0 aliphatic carbocycles. The average Bonchev–Trinajstić information content (AvgIpc) is 3.06. The molecule has 1 N–H and O–H groups in total. The average molecular weight is 398 g/mol. The van der Waals surface area contributed by atoms with Crippen LogP contribution in [0.15, 0.2) is 53.7 Å². The Morgan fingerprint density at radius 3 is 2.61 bits per heavy atom. The number of benzene rings is 2. The third kappa shape index (κ3) is 4.99. The first-order valence-electron chi connectivity index (χ1n) is 9.02. The number of carbonyl (C=O) groups is 2. The lowest BCUT2D eigenvalue weighted by atomic mass is 10.1. The minimum Gasteiger partial charge on any atom is -0.383 e. The Kier molecular flexibility index (Phi) is 6.84. The van der Waals surface area contributed by atoms with Crippen molar-refractivity contribution in [2.24, 2.45) is 0 Å². The second-order valence-electron chi connectivity index (χ2n) is 6.35. The molecule has 0 radical (unpaired) electrons. The molecule has 6 nitrogen and oxygen atoms in total. The van der Waals surface area contributed by atoms with Crippen LogP contribution >= 0.6 is 11.8 Å². The number of nitrogens with zero attached hydrogens (tertiary/aromatic N) is 2. The molecule has 0 aliphatic rings. The van der Waals surface area contributed by atoms with Crippen LogP contribution in [-0.4, -0.2) is 40.7 Å². The van der Waals surface area contributed by atoms with Gasteiger partial charge in [-0.3, -0.25) is 9.59 Å². The fraction of sp³-hybridized carbons (Fsp3) is 0.286. The van der Waals surface area contributed by atoms with Gasteiger partial charge in [-0.1, -0.05) is 48.2 Å². The van der Waals surface area contributed by atoms with Crippen molar-refractivity contribution in [2.75, 3.05) is 19.5 Å². The van der Waals surface area contributed by atoms with E-state index in [-0.39, 0.29) is 11.7 Å². The van der Waals surface area contributed by atoms with E-state index in [1.165, 1.54) is 18.7 Å². The number of imidazole rings is 1. The summed E-state index contributed by atoms with van der Waals surface area (Å²) in [4.78, 5) is 28.2. The molecule has 1 aromatic heterocycles. The molecular formula is C21H23N3O3S.